The Balaban J connectivity index is 2.24. The zero-order valence-corrected chi connectivity index (χ0v) is 14.3. The summed E-state index contributed by atoms with van der Waals surface area (Å²) >= 11 is 6.83. The number of carboxylic acid groups (broad SMARTS) is 1. The maximum absolute atomic E-state index is 10.5. The highest BCUT2D eigenvalue weighted by molar-refractivity contribution is 9.10. The van der Waals surface area contributed by atoms with Gasteiger partial charge in [0, 0.05) is 15.0 Å². The first-order valence-corrected chi connectivity index (χ1v) is 7.69. The van der Waals surface area contributed by atoms with Crippen LogP contribution in [-0.2, 0) is 4.79 Å². The zero-order chi connectivity index (χ0) is 15.4. The Morgan fingerprint density at radius 1 is 1.19 bits per heavy atom. The second-order valence-electron chi connectivity index (χ2n) is 4.37. The normalized spacial score (nSPS) is 10.8. The third-order valence-corrected chi connectivity index (χ3v) is 3.94. The molecule has 21 heavy (non-hydrogen) atoms. The molecule has 0 aliphatic rings. The number of hydrogen-bond acceptors (Lipinski definition) is 2. The second-order valence-corrected chi connectivity index (χ2v) is 6.14. The van der Waals surface area contributed by atoms with Gasteiger partial charge in [-0.25, -0.2) is 4.79 Å². The summed E-state index contributed by atoms with van der Waals surface area (Å²) in [5.74, 6) is 0.465. The molecule has 0 spiro atoms. The standard InChI is InChI=1S/C16H12Br2O3/c1-10-2-5-12(17)8-15(10)21-13-6-3-11(14(18)9-13)4-7-16(19)20/h2-9H,1H3,(H,19,20)/b7-4+. The molecule has 0 fully saturated rings. The molecule has 2 aromatic carbocycles. The van der Waals surface area contributed by atoms with Crippen molar-refractivity contribution in [2.24, 2.45) is 0 Å². The molecule has 0 unspecified atom stereocenters. The van der Waals surface area contributed by atoms with Gasteiger partial charge in [0.2, 0.25) is 0 Å². The van der Waals surface area contributed by atoms with E-state index in [4.69, 9.17) is 9.84 Å². The van der Waals surface area contributed by atoms with Gasteiger partial charge >= 0.3 is 5.97 Å². The molecule has 0 saturated carbocycles. The molecule has 2 aromatic rings. The van der Waals surface area contributed by atoms with Crippen LogP contribution in [-0.4, -0.2) is 11.1 Å². The van der Waals surface area contributed by atoms with Gasteiger partial charge in [-0.15, -0.1) is 0 Å². The van der Waals surface area contributed by atoms with E-state index >= 15 is 0 Å². The Morgan fingerprint density at radius 2 is 1.95 bits per heavy atom. The van der Waals surface area contributed by atoms with Crippen LogP contribution in [0.1, 0.15) is 11.1 Å². The predicted molar refractivity (Wildman–Crippen MR) is 89.8 cm³/mol. The van der Waals surface area contributed by atoms with Crippen molar-refractivity contribution >= 4 is 43.9 Å². The van der Waals surface area contributed by atoms with Crippen molar-refractivity contribution in [1.29, 1.82) is 0 Å². The molecular formula is C16H12Br2O3. The van der Waals surface area contributed by atoms with Gasteiger partial charge in [-0.05, 0) is 48.4 Å². The summed E-state index contributed by atoms with van der Waals surface area (Å²) in [5.41, 5.74) is 1.81. The summed E-state index contributed by atoms with van der Waals surface area (Å²) in [6, 6.07) is 11.2. The molecule has 0 bridgehead atoms. The highest BCUT2D eigenvalue weighted by Crippen LogP contribution is 2.31. The number of hydrogen-bond donors (Lipinski definition) is 1. The van der Waals surface area contributed by atoms with E-state index in [9.17, 15) is 4.79 Å². The molecule has 5 heteroatoms. The summed E-state index contributed by atoms with van der Waals surface area (Å²) in [4.78, 5) is 10.5. The van der Waals surface area contributed by atoms with Crippen molar-refractivity contribution in [3.63, 3.8) is 0 Å². The van der Waals surface area contributed by atoms with E-state index < -0.39 is 5.97 Å². The molecule has 3 nitrogen and oxygen atoms in total. The molecule has 0 aromatic heterocycles. The van der Waals surface area contributed by atoms with Gasteiger partial charge in [0.1, 0.15) is 11.5 Å². The molecule has 108 valence electrons. The zero-order valence-electron chi connectivity index (χ0n) is 11.1. The van der Waals surface area contributed by atoms with Crippen LogP contribution in [0.5, 0.6) is 11.5 Å². The molecule has 0 saturated heterocycles. The highest BCUT2D eigenvalue weighted by atomic mass is 79.9. The summed E-state index contributed by atoms with van der Waals surface area (Å²) in [6.45, 7) is 1.97. The van der Waals surface area contributed by atoms with Crippen molar-refractivity contribution in [3.05, 3.63) is 62.5 Å². The van der Waals surface area contributed by atoms with Gasteiger partial charge in [0.25, 0.3) is 0 Å². The number of halogens is 2. The van der Waals surface area contributed by atoms with E-state index in [1.54, 1.807) is 12.1 Å². The fourth-order valence-corrected chi connectivity index (χ4v) is 2.51. The molecule has 1 N–H and O–H groups in total. The van der Waals surface area contributed by atoms with E-state index in [-0.39, 0.29) is 0 Å². The maximum atomic E-state index is 10.5. The lowest BCUT2D eigenvalue weighted by Gasteiger charge is -2.10. The lowest BCUT2D eigenvalue weighted by molar-refractivity contribution is -0.131. The van der Waals surface area contributed by atoms with E-state index in [1.165, 1.54) is 6.08 Å². The number of rotatable bonds is 4. The SMILES string of the molecule is Cc1ccc(Br)cc1Oc1ccc(/C=C/C(=O)O)c(Br)c1. The lowest BCUT2D eigenvalue weighted by Crippen LogP contribution is -1.89. The van der Waals surface area contributed by atoms with Crippen molar-refractivity contribution in [3.8, 4) is 11.5 Å². The number of aliphatic carboxylic acids is 1. The highest BCUT2D eigenvalue weighted by Gasteiger charge is 2.05. The van der Waals surface area contributed by atoms with Crippen LogP contribution in [0.3, 0.4) is 0 Å². The van der Waals surface area contributed by atoms with Crippen molar-refractivity contribution < 1.29 is 14.6 Å². The summed E-state index contributed by atoms with van der Waals surface area (Å²) in [7, 11) is 0. The summed E-state index contributed by atoms with van der Waals surface area (Å²) in [6.07, 6.45) is 2.62. The van der Waals surface area contributed by atoms with Crippen LogP contribution in [0.25, 0.3) is 6.08 Å². The lowest BCUT2D eigenvalue weighted by atomic mass is 10.2. The number of carboxylic acids is 1. The van der Waals surface area contributed by atoms with Crippen molar-refractivity contribution in [1.82, 2.24) is 0 Å². The van der Waals surface area contributed by atoms with Gasteiger partial charge in [-0.3, -0.25) is 0 Å². The van der Waals surface area contributed by atoms with Gasteiger partial charge < -0.3 is 9.84 Å². The first kappa shape index (κ1) is 15.8. The van der Waals surface area contributed by atoms with Crippen LogP contribution in [0, 0.1) is 6.92 Å². The van der Waals surface area contributed by atoms with Gasteiger partial charge in [0.15, 0.2) is 0 Å². The van der Waals surface area contributed by atoms with Gasteiger partial charge in [-0.1, -0.05) is 44.0 Å². The van der Waals surface area contributed by atoms with Crippen LogP contribution in [0.2, 0.25) is 0 Å². The van der Waals surface area contributed by atoms with E-state index in [1.807, 2.05) is 31.2 Å². The minimum atomic E-state index is -0.980. The number of benzene rings is 2. The van der Waals surface area contributed by atoms with Crippen molar-refractivity contribution in [2.45, 2.75) is 6.92 Å². The molecule has 2 rings (SSSR count). The average Bonchev–Trinajstić information content (AvgIpc) is 2.42. The largest absolute Gasteiger partial charge is 0.478 e. The average molecular weight is 412 g/mol. The second kappa shape index (κ2) is 6.91. The predicted octanol–water partition coefficient (Wildman–Crippen LogP) is 5.41. The summed E-state index contributed by atoms with van der Waals surface area (Å²) < 4.78 is 7.57. The topological polar surface area (TPSA) is 46.5 Å². The molecule has 0 radical (unpaired) electrons. The molecule has 0 heterocycles. The number of carbonyl (C=O) groups is 1. The molecule has 0 aliphatic heterocycles. The van der Waals surface area contributed by atoms with Crippen molar-refractivity contribution in [2.75, 3.05) is 0 Å². The third kappa shape index (κ3) is 4.44. The Hall–Kier alpha value is -1.59. The monoisotopic (exact) mass is 410 g/mol. The summed E-state index contributed by atoms with van der Waals surface area (Å²) in [5, 5.41) is 8.64. The fourth-order valence-electron chi connectivity index (χ4n) is 1.68. The van der Waals surface area contributed by atoms with E-state index in [0.717, 1.165) is 31.9 Å². The molecular weight excluding hydrogens is 400 g/mol. The Labute approximate surface area is 139 Å². The third-order valence-electron chi connectivity index (χ3n) is 2.76. The Kier molecular flexibility index (Phi) is 5.20. The minimum absolute atomic E-state index is 0.676. The fraction of sp³-hybridized carbons (Fsp3) is 0.0625. The van der Waals surface area contributed by atoms with Crippen LogP contribution >= 0.6 is 31.9 Å². The van der Waals surface area contributed by atoms with Crippen LogP contribution < -0.4 is 4.74 Å². The first-order chi connectivity index (χ1) is 9.95. The quantitative estimate of drug-likeness (QED) is 0.684. The molecule has 0 atom stereocenters. The minimum Gasteiger partial charge on any atom is -0.478 e. The van der Waals surface area contributed by atoms with E-state index in [0.29, 0.717) is 5.75 Å². The smallest absolute Gasteiger partial charge is 0.328 e. The van der Waals surface area contributed by atoms with Crippen LogP contribution in [0.15, 0.2) is 51.4 Å². The van der Waals surface area contributed by atoms with Gasteiger partial charge in [0.05, 0.1) is 0 Å². The Morgan fingerprint density at radius 3 is 2.62 bits per heavy atom. The molecule has 0 aliphatic carbocycles. The van der Waals surface area contributed by atoms with E-state index in [2.05, 4.69) is 31.9 Å². The van der Waals surface area contributed by atoms with Gasteiger partial charge in [-0.2, -0.15) is 0 Å². The van der Waals surface area contributed by atoms with Crippen LogP contribution in [0.4, 0.5) is 0 Å². The Bertz CT molecular complexity index is 709. The maximum Gasteiger partial charge on any atom is 0.328 e. The first-order valence-electron chi connectivity index (χ1n) is 6.10. The molecule has 0 amide bonds. The number of aryl methyl sites for hydroxylation is 1. The number of ether oxygens (including phenoxy) is 1.